The molecular weight excluding hydrogens is 373 g/mol. The van der Waals surface area contributed by atoms with Crippen LogP contribution in [-0.2, 0) is 0 Å². The first-order valence-corrected chi connectivity index (χ1v) is 7.94. The molecule has 0 radical (unpaired) electrons. The number of hydrogen-bond acceptors (Lipinski definition) is 3. The van der Waals surface area contributed by atoms with Crippen molar-refractivity contribution >= 4 is 38.9 Å². The van der Waals surface area contributed by atoms with E-state index < -0.39 is 0 Å². The van der Waals surface area contributed by atoms with E-state index in [1.54, 1.807) is 30.5 Å². The number of anilines is 3. The van der Waals surface area contributed by atoms with Crippen molar-refractivity contribution in [2.75, 3.05) is 10.6 Å². The molecule has 0 unspecified atom stereocenters. The Bertz CT molecular complexity index is 868. The molecule has 1 amide bonds. The molecule has 0 saturated heterocycles. The van der Waals surface area contributed by atoms with Crippen LogP contribution in [0.25, 0.3) is 0 Å². The zero-order chi connectivity index (χ0) is 16.9. The molecule has 0 spiro atoms. The SMILES string of the molecule is O=C(Nc1cccc(Br)c1)c1cncc(Nc2ccc(F)cc2)c1. The summed E-state index contributed by atoms with van der Waals surface area (Å²) in [6.07, 6.45) is 3.09. The lowest BCUT2D eigenvalue weighted by molar-refractivity contribution is 0.102. The summed E-state index contributed by atoms with van der Waals surface area (Å²) in [5, 5.41) is 5.89. The molecule has 0 fully saturated rings. The molecule has 6 heteroatoms. The van der Waals surface area contributed by atoms with Crippen molar-refractivity contribution in [1.82, 2.24) is 4.98 Å². The molecule has 2 N–H and O–H groups in total. The first-order chi connectivity index (χ1) is 11.6. The van der Waals surface area contributed by atoms with Gasteiger partial charge < -0.3 is 10.6 Å². The maximum Gasteiger partial charge on any atom is 0.257 e. The summed E-state index contributed by atoms with van der Waals surface area (Å²) in [6, 6.07) is 15.0. The summed E-state index contributed by atoms with van der Waals surface area (Å²) < 4.78 is 13.8. The zero-order valence-electron chi connectivity index (χ0n) is 12.5. The summed E-state index contributed by atoms with van der Waals surface area (Å²) in [7, 11) is 0. The Morgan fingerprint density at radius 2 is 1.75 bits per heavy atom. The van der Waals surface area contributed by atoms with E-state index in [0.29, 0.717) is 22.6 Å². The zero-order valence-corrected chi connectivity index (χ0v) is 14.0. The minimum absolute atomic E-state index is 0.261. The molecule has 0 aliphatic heterocycles. The molecular formula is C18H13BrFN3O. The minimum Gasteiger partial charge on any atom is -0.354 e. The number of hydrogen-bond donors (Lipinski definition) is 2. The van der Waals surface area contributed by atoms with Gasteiger partial charge in [-0.1, -0.05) is 22.0 Å². The van der Waals surface area contributed by atoms with E-state index in [0.717, 1.165) is 4.47 Å². The second-order valence-corrected chi connectivity index (χ2v) is 5.97. The van der Waals surface area contributed by atoms with Gasteiger partial charge in [-0.3, -0.25) is 9.78 Å². The molecule has 0 bridgehead atoms. The smallest absolute Gasteiger partial charge is 0.257 e. The fraction of sp³-hybridized carbons (Fsp3) is 0. The van der Waals surface area contributed by atoms with Crippen molar-refractivity contribution in [3.8, 4) is 0 Å². The van der Waals surface area contributed by atoms with Crippen molar-refractivity contribution in [3.05, 3.63) is 82.8 Å². The van der Waals surface area contributed by atoms with E-state index in [9.17, 15) is 9.18 Å². The molecule has 0 atom stereocenters. The summed E-state index contributed by atoms with van der Waals surface area (Å²) in [4.78, 5) is 16.4. The Morgan fingerprint density at radius 3 is 2.50 bits per heavy atom. The van der Waals surface area contributed by atoms with Gasteiger partial charge in [0.05, 0.1) is 17.4 Å². The van der Waals surface area contributed by atoms with Gasteiger partial charge in [-0.05, 0) is 48.5 Å². The molecule has 24 heavy (non-hydrogen) atoms. The number of aromatic nitrogens is 1. The van der Waals surface area contributed by atoms with Crippen LogP contribution in [0.1, 0.15) is 10.4 Å². The third-order valence-corrected chi connectivity index (χ3v) is 3.71. The van der Waals surface area contributed by atoms with Gasteiger partial charge in [0.25, 0.3) is 5.91 Å². The van der Waals surface area contributed by atoms with Crippen LogP contribution in [0, 0.1) is 5.82 Å². The van der Waals surface area contributed by atoms with Crippen LogP contribution in [0.15, 0.2) is 71.5 Å². The van der Waals surface area contributed by atoms with Gasteiger partial charge in [0.15, 0.2) is 0 Å². The largest absolute Gasteiger partial charge is 0.354 e. The summed E-state index contributed by atoms with van der Waals surface area (Å²) in [5.41, 5.74) is 2.46. The molecule has 3 aromatic rings. The monoisotopic (exact) mass is 385 g/mol. The van der Waals surface area contributed by atoms with Crippen LogP contribution in [0.3, 0.4) is 0 Å². The molecule has 0 aliphatic rings. The van der Waals surface area contributed by atoms with Crippen LogP contribution in [-0.4, -0.2) is 10.9 Å². The van der Waals surface area contributed by atoms with Gasteiger partial charge in [0.1, 0.15) is 5.82 Å². The molecule has 0 saturated carbocycles. The Labute approximate surface area is 146 Å². The summed E-state index contributed by atoms with van der Waals surface area (Å²) in [6.45, 7) is 0. The molecule has 2 aromatic carbocycles. The third kappa shape index (κ3) is 4.17. The topological polar surface area (TPSA) is 54.0 Å². The number of nitrogens with zero attached hydrogens (tertiary/aromatic N) is 1. The highest BCUT2D eigenvalue weighted by Crippen LogP contribution is 2.19. The van der Waals surface area contributed by atoms with Crippen molar-refractivity contribution < 1.29 is 9.18 Å². The van der Waals surface area contributed by atoms with Crippen LogP contribution >= 0.6 is 15.9 Å². The van der Waals surface area contributed by atoms with E-state index in [4.69, 9.17) is 0 Å². The second-order valence-electron chi connectivity index (χ2n) is 5.06. The van der Waals surface area contributed by atoms with Gasteiger partial charge in [-0.25, -0.2) is 4.39 Å². The predicted octanol–water partition coefficient (Wildman–Crippen LogP) is 4.98. The van der Waals surface area contributed by atoms with Gasteiger partial charge in [0, 0.05) is 22.0 Å². The first-order valence-electron chi connectivity index (χ1n) is 7.15. The minimum atomic E-state index is -0.305. The second kappa shape index (κ2) is 7.23. The van der Waals surface area contributed by atoms with Crippen molar-refractivity contribution in [3.63, 3.8) is 0 Å². The fourth-order valence-corrected chi connectivity index (χ4v) is 2.50. The Balaban J connectivity index is 1.74. The summed E-state index contributed by atoms with van der Waals surface area (Å²) in [5.74, 6) is -0.566. The highest BCUT2D eigenvalue weighted by atomic mass is 79.9. The van der Waals surface area contributed by atoms with Gasteiger partial charge >= 0.3 is 0 Å². The van der Waals surface area contributed by atoms with Crippen LogP contribution in [0.4, 0.5) is 21.5 Å². The average Bonchev–Trinajstić information content (AvgIpc) is 2.57. The molecule has 3 rings (SSSR count). The number of pyridine rings is 1. The number of rotatable bonds is 4. The van der Waals surface area contributed by atoms with Crippen molar-refractivity contribution in [2.45, 2.75) is 0 Å². The van der Waals surface area contributed by atoms with E-state index in [1.807, 2.05) is 18.2 Å². The third-order valence-electron chi connectivity index (χ3n) is 3.22. The van der Waals surface area contributed by atoms with E-state index >= 15 is 0 Å². The normalized spacial score (nSPS) is 10.2. The Hall–Kier alpha value is -2.73. The summed E-state index contributed by atoms with van der Waals surface area (Å²) >= 11 is 3.36. The van der Waals surface area contributed by atoms with Crippen LogP contribution < -0.4 is 10.6 Å². The number of carbonyl (C=O) groups is 1. The van der Waals surface area contributed by atoms with E-state index in [1.165, 1.54) is 18.3 Å². The molecule has 0 aliphatic carbocycles. The molecule has 4 nitrogen and oxygen atoms in total. The number of carbonyl (C=O) groups excluding carboxylic acids is 1. The maximum atomic E-state index is 12.9. The Morgan fingerprint density at radius 1 is 0.958 bits per heavy atom. The Kier molecular flexibility index (Phi) is 4.86. The lowest BCUT2D eigenvalue weighted by Crippen LogP contribution is -2.12. The number of halogens is 2. The number of nitrogens with one attached hydrogen (secondary N) is 2. The molecule has 1 aromatic heterocycles. The highest BCUT2D eigenvalue weighted by molar-refractivity contribution is 9.10. The van der Waals surface area contributed by atoms with E-state index in [2.05, 4.69) is 31.5 Å². The molecule has 120 valence electrons. The lowest BCUT2D eigenvalue weighted by Gasteiger charge is -2.09. The van der Waals surface area contributed by atoms with E-state index in [-0.39, 0.29) is 11.7 Å². The van der Waals surface area contributed by atoms with Gasteiger partial charge in [-0.2, -0.15) is 0 Å². The standard InChI is InChI=1S/C18H13BrFN3O/c19-13-2-1-3-16(9-13)23-18(24)12-8-17(11-21-10-12)22-15-6-4-14(20)5-7-15/h1-11,22H,(H,23,24). The maximum absolute atomic E-state index is 12.9. The lowest BCUT2D eigenvalue weighted by atomic mass is 10.2. The van der Waals surface area contributed by atoms with Crippen LogP contribution in [0.5, 0.6) is 0 Å². The fourth-order valence-electron chi connectivity index (χ4n) is 2.10. The molecule has 1 heterocycles. The quantitative estimate of drug-likeness (QED) is 0.665. The number of amides is 1. The first kappa shape index (κ1) is 16.1. The number of benzene rings is 2. The van der Waals surface area contributed by atoms with Crippen LogP contribution in [0.2, 0.25) is 0 Å². The van der Waals surface area contributed by atoms with Crippen molar-refractivity contribution in [2.24, 2.45) is 0 Å². The highest BCUT2D eigenvalue weighted by Gasteiger charge is 2.08. The van der Waals surface area contributed by atoms with Crippen molar-refractivity contribution in [1.29, 1.82) is 0 Å². The average molecular weight is 386 g/mol. The predicted molar refractivity (Wildman–Crippen MR) is 96.0 cm³/mol. The van der Waals surface area contributed by atoms with Gasteiger partial charge in [-0.15, -0.1) is 0 Å². The van der Waals surface area contributed by atoms with Gasteiger partial charge in [0.2, 0.25) is 0 Å².